The van der Waals surface area contributed by atoms with E-state index in [0.29, 0.717) is 17.8 Å². The predicted octanol–water partition coefficient (Wildman–Crippen LogP) is 4.38. The van der Waals surface area contributed by atoms with Crippen molar-refractivity contribution in [1.29, 1.82) is 0 Å². The van der Waals surface area contributed by atoms with E-state index in [9.17, 15) is 9.59 Å². The molecule has 142 valence electrons. The largest absolute Gasteiger partial charge is 0.352 e. The van der Waals surface area contributed by atoms with Crippen molar-refractivity contribution >= 4 is 33.4 Å². The van der Waals surface area contributed by atoms with Gasteiger partial charge >= 0.3 is 0 Å². The molecular formula is C22H20BrN3O2. The summed E-state index contributed by atoms with van der Waals surface area (Å²) in [6.45, 7) is 2.54. The van der Waals surface area contributed by atoms with E-state index in [1.54, 1.807) is 42.6 Å². The summed E-state index contributed by atoms with van der Waals surface area (Å²) in [5.74, 6) is -0.610. The second kappa shape index (κ2) is 9.28. The van der Waals surface area contributed by atoms with E-state index in [1.165, 1.54) is 5.56 Å². The Morgan fingerprint density at radius 3 is 2.50 bits per heavy atom. The van der Waals surface area contributed by atoms with Crippen molar-refractivity contribution in [3.05, 3.63) is 93.7 Å². The van der Waals surface area contributed by atoms with Crippen LogP contribution in [0.2, 0.25) is 0 Å². The average molecular weight is 438 g/mol. The molecule has 3 aromatic rings. The highest BCUT2D eigenvalue weighted by Gasteiger charge is 2.15. The second-order valence-corrected chi connectivity index (χ2v) is 7.27. The number of benzene rings is 2. The number of carbonyl (C=O) groups excluding carboxylic acids is 2. The molecule has 5 nitrogen and oxygen atoms in total. The van der Waals surface area contributed by atoms with E-state index < -0.39 is 0 Å². The Morgan fingerprint density at radius 1 is 1.00 bits per heavy atom. The highest BCUT2D eigenvalue weighted by molar-refractivity contribution is 9.10. The summed E-state index contributed by atoms with van der Waals surface area (Å²) in [6.07, 6.45) is 2.28. The molecule has 28 heavy (non-hydrogen) atoms. The number of nitrogens with zero attached hydrogens (tertiary/aromatic N) is 1. The number of rotatable bonds is 6. The summed E-state index contributed by atoms with van der Waals surface area (Å²) in [4.78, 5) is 29.1. The maximum absolute atomic E-state index is 12.7. The molecular weight excluding hydrogens is 418 g/mol. The van der Waals surface area contributed by atoms with Gasteiger partial charge in [-0.15, -0.1) is 0 Å². The van der Waals surface area contributed by atoms with Gasteiger partial charge in [-0.2, -0.15) is 0 Å². The number of hydrogen-bond acceptors (Lipinski definition) is 3. The van der Waals surface area contributed by atoms with Crippen LogP contribution in [0.25, 0.3) is 0 Å². The first-order chi connectivity index (χ1) is 13.5. The topological polar surface area (TPSA) is 71.1 Å². The monoisotopic (exact) mass is 437 g/mol. The number of halogens is 1. The molecule has 2 N–H and O–H groups in total. The molecule has 2 amide bonds. The van der Waals surface area contributed by atoms with Crippen molar-refractivity contribution in [2.75, 3.05) is 11.9 Å². The van der Waals surface area contributed by atoms with E-state index in [-0.39, 0.29) is 17.5 Å². The molecule has 0 saturated carbocycles. The molecule has 0 spiro atoms. The number of nitrogens with one attached hydrogen (secondary N) is 2. The first kappa shape index (κ1) is 19.8. The van der Waals surface area contributed by atoms with E-state index >= 15 is 0 Å². The highest BCUT2D eigenvalue weighted by atomic mass is 79.9. The third-order valence-corrected chi connectivity index (χ3v) is 4.69. The van der Waals surface area contributed by atoms with Crippen LogP contribution >= 0.6 is 15.9 Å². The minimum absolute atomic E-state index is 0.246. The molecule has 1 aromatic heterocycles. The van der Waals surface area contributed by atoms with Crippen molar-refractivity contribution in [2.24, 2.45) is 0 Å². The van der Waals surface area contributed by atoms with Crippen LogP contribution in [0.5, 0.6) is 0 Å². The van der Waals surface area contributed by atoms with Crippen LogP contribution in [0.3, 0.4) is 0 Å². The minimum Gasteiger partial charge on any atom is -0.352 e. The number of aryl methyl sites for hydroxylation is 1. The summed E-state index contributed by atoms with van der Waals surface area (Å²) < 4.78 is 0.756. The highest BCUT2D eigenvalue weighted by Crippen LogP contribution is 2.22. The van der Waals surface area contributed by atoms with Gasteiger partial charge < -0.3 is 10.6 Å². The van der Waals surface area contributed by atoms with Gasteiger partial charge in [0, 0.05) is 17.2 Å². The maximum atomic E-state index is 12.7. The molecule has 0 aliphatic carbocycles. The molecule has 1 heterocycles. The number of aromatic nitrogens is 1. The zero-order valence-electron chi connectivity index (χ0n) is 15.4. The minimum atomic E-state index is -0.364. The van der Waals surface area contributed by atoms with Crippen LogP contribution in [-0.4, -0.2) is 23.3 Å². The second-order valence-electron chi connectivity index (χ2n) is 6.35. The first-order valence-electron chi connectivity index (χ1n) is 8.88. The van der Waals surface area contributed by atoms with Crippen molar-refractivity contribution in [3.63, 3.8) is 0 Å². The Kier molecular flexibility index (Phi) is 6.55. The van der Waals surface area contributed by atoms with E-state index in [1.807, 2.05) is 6.92 Å². The summed E-state index contributed by atoms with van der Waals surface area (Å²) in [7, 11) is 0. The van der Waals surface area contributed by atoms with Crippen molar-refractivity contribution in [1.82, 2.24) is 10.3 Å². The van der Waals surface area contributed by atoms with Crippen LogP contribution in [0.15, 0.2) is 71.3 Å². The van der Waals surface area contributed by atoms with E-state index in [4.69, 9.17) is 0 Å². The standard InChI is InChI=1S/C22H20BrN3O2/c1-15-5-7-16(8-6-15)11-13-25-21(27)18-14-17(23)9-10-19(18)26-22(28)20-4-2-3-12-24-20/h2-10,12,14H,11,13H2,1H3,(H,25,27)(H,26,28). The molecule has 0 aliphatic heterocycles. The van der Waals surface area contributed by atoms with Crippen molar-refractivity contribution in [3.8, 4) is 0 Å². The van der Waals surface area contributed by atoms with Gasteiger partial charge in [0.25, 0.3) is 11.8 Å². The Morgan fingerprint density at radius 2 is 1.79 bits per heavy atom. The van der Waals surface area contributed by atoms with Crippen LogP contribution in [0.4, 0.5) is 5.69 Å². The lowest BCUT2D eigenvalue weighted by Gasteiger charge is -2.12. The van der Waals surface area contributed by atoms with Gasteiger partial charge in [-0.3, -0.25) is 14.6 Å². The summed E-state index contributed by atoms with van der Waals surface area (Å²) >= 11 is 3.38. The first-order valence-corrected chi connectivity index (χ1v) is 9.68. The fraction of sp³-hybridized carbons (Fsp3) is 0.136. The van der Waals surface area contributed by atoms with Gasteiger partial charge in [-0.05, 0) is 49.2 Å². The van der Waals surface area contributed by atoms with Crippen LogP contribution in [0, 0.1) is 6.92 Å². The normalized spacial score (nSPS) is 10.4. The van der Waals surface area contributed by atoms with Crippen LogP contribution in [-0.2, 0) is 6.42 Å². The molecule has 0 saturated heterocycles. The number of amides is 2. The molecule has 0 unspecified atom stereocenters. The number of hydrogen-bond donors (Lipinski definition) is 2. The van der Waals surface area contributed by atoms with Crippen LogP contribution < -0.4 is 10.6 Å². The Bertz CT molecular complexity index is 973. The lowest BCUT2D eigenvalue weighted by molar-refractivity contribution is 0.0955. The predicted molar refractivity (Wildman–Crippen MR) is 114 cm³/mol. The number of carbonyl (C=O) groups is 2. The molecule has 3 rings (SSSR count). The maximum Gasteiger partial charge on any atom is 0.274 e. The number of anilines is 1. The lowest BCUT2D eigenvalue weighted by Crippen LogP contribution is -2.27. The Hall–Kier alpha value is -2.99. The zero-order chi connectivity index (χ0) is 19.9. The fourth-order valence-corrected chi connectivity index (χ4v) is 3.03. The molecule has 0 radical (unpaired) electrons. The third-order valence-electron chi connectivity index (χ3n) is 4.19. The van der Waals surface area contributed by atoms with E-state index in [2.05, 4.69) is 55.8 Å². The van der Waals surface area contributed by atoms with Gasteiger partial charge in [0.1, 0.15) is 5.69 Å². The molecule has 0 fully saturated rings. The molecule has 0 atom stereocenters. The molecule has 2 aromatic carbocycles. The van der Waals surface area contributed by atoms with Crippen molar-refractivity contribution in [2.45, 2.75) is 13.3 Å². The van der Waals surface area contributed by atoms with E-state index in [0.717, 1.165) is 16.5 Å². The summed E-state index contributed by atoms with van der Waals surface area (Å²) in [6, 6.07) is 18.5. The number of pyridine rings is 1. The van der Waals surface area contributed by atoms with Gasteiger partial charge in [-0.25, -0.2) is 0 Å². The molecule has 6 heteroatoms. The fourth-order valence-electron chi connectivity index (χ4n) is 2.67. The quantitative estimate of drug-likeness (QED) is 0.600. The zero-order valence-corrected chi connectivity index (χ0v) is 17.0. The third kappa shape index (κ3) is 5.27. The Labute approximate surface area is 172 Å². The van der Waals surface area contributed by atoms with Gasteiger partial charge in [0.05, 0.1) is 11.3 Å². The van der Waals surface area contributed by atoms with Crippen LogP contribution in [0.1, 0.15) is 32.0 Å². The smallest absolute Gasteiger partial charge is 0.274 e. The van der Waals surface area contributed by atoms with Crippen molar-refractivity contribution < 1.29 is 9.59 Å². The van der Waals surface area contributed by atoms with Gasteiger partial charge in [0.15, 0.2) is 0 Å². The Balaban J connectivity index is 1.68. The average Bonchev–Trinajstić information content (AvgIpc) is 2.71. The molecule has 0 aliphatic rings. The summed E-state index contributed by atoms with van der Waals surface area (Å²) in [5.41, 5.74) is 3.48. The SMILES string of the molecule is Cc1ccc(CCNC(=O)c2cc(Br)ccc2NC(=O)c2ccccn2)cc1. The summed E-state index contributed by atoms with van der Waals surface area (Å²) in [5, 5.41) is 5.68. The lowest BCUT2D eigenvalue weighted by atomic mass is 10.1. The van der Waals surface area contributed by atoms with Gasteiger partial charge in [-0.1, -0.05) is 51.8 Å². The van der Waals surface area contributed by atoms with Gasteiger partial charge in [0.2, 0.25) is 0 Å². The molecule has 0 bridgehead atoms.